The highest BCUT2D eigenvalue weighted by Crippen LogP contribution is 2.68. The molecule has 0 N–H and O–H groups in total. The fourth-order valence-electron chi connectivity index (χ4n) is 6.28. The van der Waals surface area contributed by atoms with Crippen molar-refractivity contribution >= 4 is 20.3 Å². The predicted octanol–water partition coefficient (Wildman–Crippen LogP) is 5.60. The van der Waals surface area contributed by atoms with Gasteiger partial charge in [-0.2, -0.15) is 0 Å². The van der Waals surface area contributed by atoms with E-state index >= 15 is 0 Å². The first-order valence-corrected chi connectivity index (χ1v) is 15.8. The highest BCUT2D eigenvalue weighted by atomic mass is 28.4. The van der Waals surface area contributed by atoms with Gasteiger partial charge in [0, 0.05) is 5.92 Å². The first-order chi connectivity index (χ1) is 16.2. The summed E-state index contributed by atoms with van der Waals surface area (Å²) in [5, 5.41) is 0. The van der Waals surface area contributed by atoms with Crippen molar-refractivity contribution in [3.8, 4) is 0 Å². The van der Waals surface area contributed by atoms with Gasteiger partial charge in [-0.3, -0.25) is 9.59 Å². The maximum absolute atomic E-state index is 14.0. The van der Waals surface area contributed by atoms with Gasteiger partial charge in [0.15, 0.2) is 13.7 Å². The number of aryl methyl sites for hydroxylation is 1. The second-order valence-corrected chi connectivity index (χ2v) is 14.7. The first-order valence-electron chi connectivity index (χ1n) is 12.4. The normalized spacial score (nSPS) is 25.2. The molecular formula is C28H36O5Si. The quantitative estimate of drug-likeness (QED) is 0.293. The summed E-state index contributed by atoms with van der Waals surface area (Å²) in [5.74, 6) is -1.18. The van der Waals surface area contributed by atoms with E-state index in [0.29, 0.717) is 6.42 Å². The van der Waals surface area contributed by atoms with Gasteiger partial charge in [-0.1, -0.05) is 54.6 Å². The molecule has 34 heavy (non-hydrogen) atoms. The van der Waals surface area contributed by atoms with Crippen LogP contribution in [0.4, 0.5) is 0 Å². The van der Waals surface area contributed by atoms with Crippen LogP contribution in [-0.4, -0.2) is 33.5 Å². The zero-order valence-electron chi connectivity index (χ0n) is 20.9. The molecule has 1 fully saturated rings. The Hall–Kier alpha value is -2.44. The Kier molecular flexibility index (Phi) is 6.75. The molecule has 182 valence electrons. The van der Waals surface area contributed by atoms with Crippen LogP contribution in [0.2, 0.25) is 19.6 Å². The third-order valence-corrected chi connectivity index (χ3v) is 8.19. The van der Waals surface area contributed by atoms with Crippen molar-refractivity contribution in [3.63, 3.8) is 0 Å². The lowest BCUT2D eigenvalue weighted by molar-refractivity contribution is -0.193. The van der Waals surface area contributed by atoms with Crippen LogP contribution in [0.5, 0.6) is 0 Å². The molecule has 0 heterocycles. The summed E-state index contributed by atoms with van der Waals surface area (Å²) in [7, 11) is -2.28. The Morgan fingerprint density at radius 2 is 1.50 bits per heavy atom. The summed E-state index contributed by atoms with van der Waals surface area (Å²) >= 11 is 0. The molecule has 2 aliphatic rings. The molecule has 2 aromatic rings. The van der Waals surface area contributed by atoms with E-state index in [1.165, 1.54) is 0 Å². The third-order valence-electron chi connectivity index (χ3n) is 7.25. The summed E-state index contributed by atoms with van der Waals surface area (Å²) in [6.45, 7) is 10.3. The van der Waals surface area contributed by atoms with Gasteiger partial charge in [0.1, 0.15) is 5.60 Å². The molecule has 5 nitrogen and oxygen atoms in total. The number of esters is 2. The molecule has 0 amide bonds. The van der Waals surface area contributed by atoms with Gasteiger partial charge in [0.05, 0.1) is 13.2 Å². The average Bonchev–Trinajstić information content (AvgIpc) is 3.10. The van der Waals surface area contributed by atoms with Crippen LogP contribution in [0.15, 0.2) is 54.6 Å². The average molecular weight is 481 g/mol. The number of hydrogen-bond acceptors (Lipinski definition) is 5. The van der Waals surface area contributed by atoms with Gasteiger partial charge in [-0.05, 0) is 75.4 Å². The second kappa shape index (κ2) is 9.31. The molecule has 4 rings (SSSR count). The number of rotatable bonds is 7. The Labute approximate surface area is 203 Å². The number of carbonyl (C=O) groups excluding carboxylic acids is 2. The Bertz CT molecular complexity index is 1030. The molecule has 0 bridgehead atoms. The molecule has 0 aromatic heterocycles. The summed E-state index contributed by atoms with van der Waals surface area (Å²) < 4.78 is 18.5. The van der Waals surface area contributed by atoms with E-state index in [0.717, 1.165) is 29.5 Å². The van der Waals surface area contributed by atoms with Crippen molar-refractivity contribution < 1.29 is 23.5 Å². The molecule has 0 spiro atoms. The molecule has 0 saturated heterocycles. The highest BCUT2D eigenvalue weighted by molar-refractivity contribution is 6.69. The summed E-state index contributed by atoms with van der Waals surface area (Å²) in [4.78, 5) is 28.1. The van der Waals surface area contributed by atoms with Gasteiger partial charge in [0.2, 0.25) is 0 Å². The van der Waals surface area contributed by atoms with Crippen LogP contribution in [-0.2, 0) is 35.5 Å². The molecular weight excluding hydrogens is 444 g/mol. The lowest BCUT2D eigenvalue weighted by atomic mass is 9.62. The Morgan fingerprint density at radius 1 is 0.912 bits per heavy atom. The molecule has 1 unspecified atom stereocenters. The SMILES string of the molecule is CCOC(=O)C1(C(=O)OCC)C[C@@H](c2ccccc2)C2CCc3ccccc3[C@@]21O[Si](C)(C)C. The molecule has 0 radical (unpaired) electrons. The van der Waals surface area contributed by atoms with E-state index < -0.39 is 31.3 Å². The lowest BCUT2D eigenvalue weighted by Crippen LogP contribution is -2.61. The first kappa shape index (κ1) is 24.7. The van der Waals surface area contributed by atoms with Crippen molar-refractivity contribution in [1.29, 1.82) is 0 Å². The lowest BCUT2D eigenvalue weighted by Gasteiger charge is -2.51. The highest BCUT2D eigenvalue weighted by Gasteiger charge is 2.76. The number of carbonyl (C=O) groups is 2. The Morgan fingerprint density at radius 3 is 2.09 bits per heavy atom. The van der Waals surface area contributed by atoms with Crippen molar-refractivity contribution in [2.45, 2.75) is 64.3 Å². The van der Waals surface area contributed by atoms with E-state index in [-0.39, 0.29) is 25.0 Å². The van der Waals surface area contributed by atoms with Gasteiger partial charge in [-0.15, -0.1) is 0 Å². The van der Waals surface area contributed by atoms with Gasteiger partial charge >= 0.3 is 11.9 Å². The standard InChI is InChI=1S/C28H36O5Si/c1-6-31-25(29)27(26(30)32-7-2)19-22(20-13-9-8-10-14-20)24-18-17-21-15-11-12-16-23(21)28(24,27)33-34(3,4)5/h8-16,22,24H,6-7,17-19H2,1-5H3/t22-,24?,28+/m0/s1. The molecule has 1 saturated carbocycles. The van der Waals surface area contributed by atoms with Gasteiger partial charge in [-0.25, -0.2) is 0 Å². The van der Waals surface area contributed by atoms with Crippen molar-refractivity contribution in [1.82, 2.24) is 0 Å². The minimum atomic E-state index is -2.28. The number of hydrogen-bond donors (Lipinski definition) is 0. The predicted molar refractivity (Wildman–Crippen MR) is 134 cm³/mol. The number of benzene rings is 2. The van der Waals surface area contributed by atoms with Gasteiger partial charge in [0.25, 0.3) is 0 Å². The molecule has 2 aliphatic carbocycles. The smallest absolute Gasteiger partial charge is 0.326 e. The van der Waals surface area contributed by atoms with E-state index in [1.54, 1.807) is 13.8 Å². The fourth-order valence-corrected chi connectivity index (χ4v) is 7.68. The minimum Gasteiger partial charge on any atom is -0.465 e. The minimum absolute atomic E-state index is 0.0419. The van der Waals surface area contributed by atoms with Crippen molar-refractivity contribution in [3.05, 3.63) is 71.3 Å². The summed E-state index contributed by atoms with van der Waals surface area (Å²) in [5.41, 5.74) is 0.453. The number of fused-ring (bicyclic) bond motifs is 3. The van der Waals surface area contributed by atoms with Crippen LogP contribution in [0.25, 0.3) is 0 Å². The van der Waals surface area contributed by atoms with Crippen molar-refractivity contribution in [2.24, 2.45) is 11.3 Å². The zero-order chi connectivity index (χ0) is 24.6. The Balaban J connectivity index is 2.08. The molecule has 3 atom stereocenters. The van der Waals surface area contributed by atoms with E-state index in [1.807, 2.05) is 36.4 Å². The zero-order valence-corrected chi connectivity index (χ0v) is 21.9. The van der Waals surface area contributed by atoms with Crippen LogP contribution in [0.1, 0.15) is 49.3 Å². The van der Waals surface area contributed by atoms with Crippen LogP contribution < -0.4 is 0 Å². The van der Waals surface area contributed by atoms with E-state index in [9.17, 15) is 9.59 Å². The van der Waals surface area contributed by atoms with E-state index in [4.69, 9.17) is 13.9 Å². The maximum atomic E-state index is 14.0. The van der Waals surface area contributed by atoms with Crippen LogP contribution >= 0.6 is 0 Å². The van der Waals surface area contributed by atoms with Crippen LogP contribution in [0.3, 0.4) is 0 Å². The van der Waals surface area contributed by atoms with E-state index in [2.05, 4.69) is 37.8 Å². The molecule has 2 aromatic carbocycles. The maximum Gasteiger partial charge on any atom is 0.326 e. The summed E-state index contributed by atoms with van der Waals surface area (Å²) in [6.07, 6.45) is 2.00. The fraction of sp³-hybridized carbons (Fsp3) is 0.500. The topological polar surface area (TPSA) is 61.8 Å². The second-order valence-electron chi connectivity index (χ2n) is 10.3. The van der Waals surface area contributed by atoms with Crippen LogP contribution in [0, 0.1) is 11.3 Å². The largest absolute Gasteiger partial charge is 0.465 e. The number of ether oxygens (including phenoxy) is 2. The van der Waals surface area contributed by atoms with Gasteiger partial charge < -0.3 is 13.9 Å². The molecule has 0 aliphatic heterocycles. The third kappa shape index (κ3) is 3.81. The monoisotopic (exact) mass is 480 g/mol. The molecule has 6 heteroatoms. The van der Waals surface area contributed by atoms with Crippen molar-refractivity contribution in [2.75, 3.05) is 13.2 Å². The summed E-state index contributed by atoms with van der Waals surface area (Å²) in [6, 6.07) is 18.3.